The van der Waals surface area contributed by atoms with Gasteiger partial charge < -0.3 is 4.90 Å². The van der Waals surface area contributed by atoms with Crippen LogP contribution in [0.25, 0.3) is 5.78 Å². The highest BCUT2D eigenvalue weighted by atomic mass is 16.2. The lowest BCUT2D eigenvalue weighted by molar-refractivity contribution is 0.0773. The number of amides is 1. The molecule has 130 valence electrons. The van der Waals surface area contributed by atoms with Crippen LogP contribution in [0.3, 0.4) is 0 Å². The van der Waals surface area contributed by atoms with Crippen molar-refractivity contribution in [2.45, 2.75) is 40.2 Å². The summed E-state index contributed by atoms with van der Waals surface area (Å²) in [5.74, 6) is 0.906. The molecule has 0 aliphatic carbocycles. The number of rotatable bonds is 4. The summed E-state index contributed by atoms with van der Waals surface area (Å²) in [5.41, 5.74) is 4.13. The Bertz CT molecular complexity index is 911. The number of aryl methyl sites for hydroxylation is 2. The summed E-state index contributed by atoms with van der Waals surface area (Å²) in [7, 11) is 1.76. The van der Waals surface area contributed by atoms with Crippen molar-refractivity contribution in [2.75, 3.05) is 7.05 Å². The summed E-state index contributed by atoms with van der Waals surface area (Å²) in [6, 6.07) is 10.3. The van der Waals surface area contributed by atoms with E-state index in [2.05, 4.69) is 53.2 Å². The number of benzene rings is 1. The SMILES string of the molecule is Cc1cc(C)n2nc(C(=O)N(C)Cc3ccc(C(C)C)cc3)nc2n1. The number of nitrogens with zero attached hydrogens (tertiary/aromatic N) is 5. The maximum atomic E-state index is 12.6. The monoisotopic (exact) mass is 337 g/mol. The first-order valence-electron chi connectivity index (χ1n) is 8.40. The van der Waals surface area contributed by atoms with Crippen LogP contribution in [-0.4, -0.2) is 37.4 Å². The van der Waals surface area contributed by atoms with Gasteiger partial charge in [0.15, 0.2) is 0 Å². The number of fused-ring (bicyclic) bond motifs is 1. The second-order valence-electron chi connectivity index (χ2n) is 6.74. The maximum absolute atomic E-state index is 12.6. The molecule has 0 unspecified atom stereocenters. The van der Waals surface area contributed by atoms with Crippen LogP contribution in [-0.2, 0) is 6.54 Å². The molecule has 0 saturated carbocycles. The van der Waals surface area contributed by atoms with Crippen LogP contribution in [0, 0.1) is 13.8 Å². The van der Waals surface area contributed by atoms with Gasteiger partial charge >= 0.3 is 0 Å². The third-order valence-electron chi connectivity index (χ3n) is 4.22. The molecule has 0 atom stereocenters. The first-order chi connectivity index (χ1) is 11.8. The largest absolute Gasteiger partial charge is 0.335 e. The lowest BCUT2D eigenvalue weighted by atomic mass is 10.0. The summed E-state index contributed by atoms with van der Waals surface area (Å²) in [4.78, 5) is 22.9. The standard InChI is InChI=1S/C19H23N5O/c1-12(2)16-8-6-15(7-9-16)11-23(5)18(25)17-21-19-20-13(3)10-14(4)24(19)22-17/h6-10,12H,11H2,1-5H3. The first kappa shape index (κ1) is 17.1. The summed E-state index contributed by atoms with van der Waals surface area (Å²) in [6.45, 7) is 8.66. The third kappa shape index (κ3) is 3.52. The predicted molar refractivity (Wildman–Crippen MR) is 96.6 cm³/mol. The summed E-state index contributed by atoms with van der Waals surface area (Å²) in [6.07, 6.45) is 0. The maximum Gasteiger partial charge on any atom is 0.293 e. The van der Waals surface area contributed by atoms with E-state index in [1.807, 2.05) is 19.9 Å². The fourth-order valence-electron chi connectivity index (χ4n) is 2.78. The Morgan fingerprint density at radius 1 is 1.16 bits per heavy atom. The van der Waals surface area contributed by atoms with Gasteiger partial charge in [0, 0.05) is 25.0 Å². The van der Waals surface area contributed by atoms with Gasteiger partial charge in [-0.1, -0.05) is 38.1 Å². The van der Waals surface area contributed by atoms with Crippen molar-refractivity contribution in [3.63, 3.8) is 0 Å². The second-order valence-corrected chi connectivity index (χ2v) is 6.74. The molecule has 2 heterocycles. The Kier molecular flexibility index (Phi) is 4.53. The quantitative estimate of drug-likeness (QED) is 0.734. The molecule has 0 spiro atoms. The Morgan fingerprint density at radius 3 is 2.48 bits per heavy atom. The predicted octanol–water partition coefficient (Wildman–Crippen LogP) is 3.14. The van der Waals surface area contributed by atoms with Crippen LogP contribution in [0.2, 0.25) is 0 Å². The van der Waals surface area contributed by atoms with Crippen molar-refractivity contribution >= 4 is 11.7 Å². The number of aromatic nitrogens is 4. The molecule has 0 radical (unpaired) electrons. The number of hydrogen-bond acceptors (Lipinski definition) is 4. The number of carbonyl (C=O) groups is 1. The van der Waals surface area contributed by atoms with Crippen molar-refractivity contribution in [3.05, 3.63) is 58.7 Å². The van der Waals surface area contributed by atoms with Gasteiger partial charge in [0.2, 0.25) is 5.82 Å². The van der Waals surface area contributed by atoms with E-state index in [1.165, 1.54) is 5.56 Å². The third-order valence-corrected chi connectivity index (χ3v) is 4.22. The molecule has 6 nitrogen and oxygen atoms in total. The average molecular weight is 337 g/mol. The highest BCUT2D eigenvalue weighted by molar-refractivity contribution is 5.90. The molecule has 3 rings (SSSR count). The van der Waals surface area contributed by atoms with E-state index in [-0.39, 0.29) is 11.7 Å². The molecule has 0 aliphatic rings. The van der Waals surface area contributed by atoms with Gasteiger partial charge in [-0.15, -0.1) is 5.10 Å². The summed E-state index contributed by atoms with van der Waals surface area (Å²) < 4.78 is 1.60. The van der Waals surface area contributed by atoms with E-state index < -0.39 is 0 Å². The topological polar surface area (TPSA) is 63.4 Å². The Morgan fingerprint density at radius 2 is 1.84 bits per heavy atom. The minimum absolute atomic E-state index is 0.169. The zero-order valence-electron chi connectivity index (χ0n) is 15.3. The van der Waals surface area contributed by atoms with Crippen LogP contribution in [0.5, 0.6) is 0 Å². The fraction of sp³-hybridized carbons (Fsp3) is 0.368. The molecule has 3 aromatic rings. The number of carbonyl (C=O) groups excluding carboxylic acids is 1. The molecule has 0 bridgehead atoms. The summed E-state index contributed by atoms with van der Waals surface area (Å²) >= 11 is 0. The molecule has 0 aliphatic heterocycles. The molecular weight excluding hydrogens is 314 g/mol. The lowest BCUT2D eigenvalue weighted by Crippen LogP contribution is -2.27. The molecule has 0 saturated heterocycles. The number of hydrogen-bond donors (Lipinski definition) is 0. The van der Waals surface area contributed by atoms with Crippen LogP contribution < -0.4 is 0 Å². The van der Waals surface area contributed by atoms with Gasteiger partial charge in [-0.3, -0.25) is 4.79 Å². The Hall–Kier alpha value is -2.76. The molecule has 25 heavy (non-hydrogen) atoms. The van der Waals surface area contributed by atoms with Gasteiger partial charge in [0.05, 0.1) is 0 Å². The first-order valence-corrected chi connectivity index (χ1v) is 8.40. The second kappa shape index (κ2) is 6.63. The van der Waals surface area contributed by atoms with Crippen LogP contribution >= 0.6 is 0 Å². The van der Waals surface area contributed by atoms with E-state index in [4.69, 9.17) is 0 Å². The minimum Gasteiger partial charge on any atom is -0.335 e. The average Bonchev–Trinajstić information content (AvgIpc) is 2.98. The lowest BCUT2D eigenvalue weighted by Gasteiger charge is -2.16. The highest BCUT2D eigenvalue weighted by Crippen LogP contribution is 2.16. The Balaban J connectivity index is 1.79. The van der Waals surface area contributed by atoms with Gasteiger partial charge in [-0.2, -0.15) is 4.98 Å². The normalized spacial score (nSPS) is 11.3. The molecule has 1 aromatic carbocycles. The van der Waals surface area contributed by atoms with Crippen molar-refractivity contribution in [2.24, 2.45) is 0 Å². The molecule has 0 N–H and O–H groups in total. The van der Waals surface area contributed by atoms with E-state index in [1.54, 1.807) is 16.5 Å². The van der Waals surface area contributed by atoms with E-state index in [0.29, 0.717) is 18.2 Å². The van der Waals surface area contributed by atoms with Gasteiger partial charge in [0.1, 0.15) is 0 Å². The fourth-order valence-corrected chi connectivity index (χ4v) is 2.78. The van der Waals surface area contributed by atoms with Crippen molar-refractivity contribution in [1.82, 2.24) is 24.5 Å². The Labute approximate surface area is 147 Å². The van der Waals surface area contributed by atoms with Gasteiger partial charge in [-0.25, -0.2) is 9.50 Å². The smallest absolute Gasteiger partial charge is 0.293 e. The van der Waals surface area contributed by atoms with E-state index in [9.17, 15) is 4.79 Å². The molecule has 1 amide bonds. The van der Waals surface area contributed by atoms with Crippen molar-refractivity contribution < 1.29 is 4.79 Å². The van der Waals surface area contributed by atoms with Gasteiger partial charge in [-0.05, 0) is 37.0 Å². The van der Waals surface area contributed by atoms with Crippen molar-refractivity contribution in [3.8, 4) is 0 Å². The van der Waals surface area contributed by atoms with Crippen LogP contribution in [0.15, 0.2) is 30.3 Å². The van der Waals surface area contributed by atoms with E-state index in [0.717, 1.165) is 17.0 Å². The zero-order chi connectivity index (χ0) is 18.1. The van der Waals surface area contributed by atoms with Crippen LogP contribution in [0.4, 0.5) is 0 Å². The van der Waals surface area contributed by atoms with E-state index >= 15 is 0 Å². The highest BCUT2D eigenvalue weighted by Gasteiger charge is 2.19. The molecule has 2 aromatic heterocycles. The summed E-state index contributed by atoms with van der Waals surface area (Å²) in [5, 5.41) is 4.31. The minimum atomic E-state index is -0.213. The molecule has 6 heteroatoms. The van der Waals surface area contributed by atoms with Crippen LogP contribution in [0.1, 0.15) is 52.9 Å². The van der Waals surface area contributed by atoms with Gasteiger partial charge in [0.25, 0.3) is 11.7 Å². The zero-order valence-corrected chi connectivity index (χ0v) is 15.3. The molecule has 0 fully saturated rings. The van der Waals surface area contributed by atoms with Crippen molar-refractivity contribution in [1.29, 1.82) is 0 Å². The molecular formula is C19H23N5O.